The summed E-state index contributed by atoms with van der Waals surface area (Å²) in [5.41, 5.74) is 2.89. The Kier molecular flexibility index (Phi) is 3.51. The summed E-state index contributed by atoms with van der Waals surface area (Å²) in [6.07, 6.45) is 0.771. The molecule has 1 heterocycles. The summed E-state index contributed by atoms with van der Waals surface area (Å²) in [5, 5.41) is 9.09. The largest absolute Gasteiger partial charge is 0.478 e. The molecule has 106 valence electrons. The van der Waals surface area contributed by atoms with Gasteiger partial charge in [0, 0.05) is 16.6 Å². The fourth-order valence-electron chi connectivity index (χ4n) is 2.38. The van der Waals surface area contributed by atoms with Gasteiger partial charge >= 0.3 is 5.97 Å². The van der Waals surface area contributed by atoms with Crippen molar-refractivity contribution < 1.29 is 9.90 Å². The van der Waals surface area contributed by atoms with Gasteiger partial charge in [0.05, 0.1) is 16.6 Å². The Morgan fingerprint density at radius 1 is 1.24 bits per heavy atom. The first-order valence-corrected chi connectivity index (χ1v) is 7.40. The first kappa shape index (κ1) is 13.8. The highest BCUT2D eigenvalue weighted by molar-refractivity contribution is 9.10. The van der Waals surface area contributed by atoms with Gasteiger partial charge in [-0.05, 0) is 42.5 Å². The molecule has 1 aromatic heterocycles. The van der Waals surface area contributed by atoms with Crippen LogP contribution in [0.5, 0.6) is 0 Å². The average Bonchev–Trinajstić information content (AvgIpc) is 2.85. The van der Waals surface area contributed by atoms with Crippen molar-refractivity contribution in [1.29, 1.82) is 0 Å². The molecule has 4 nitrogen and oxygen atoms in total. The molecule has 0 aliphatic rings. The normalized spacial score (nSPS) is 11.0. The molecule has 0 bridgehead atoms. The van der Waals surface area contributed by atoms with E-state index in [1.54, 1.807) is 12.1 Å². The monoisotopic (exact) mass is 344 g/mol. The lowest BCUT2D eigenvalue weighted by Crippen LogP contribution is -2.00. The molecule has 2 aromatic carbocycles. The third-order valence-electron chi connectivity index (χ3n) is 3.37. The van der Waals surface area contributed by atoms with E-state index < -0.39 is 5.97 Å². The number of imidazole rings is 1. The molecular formula is C16H13BrN2O2. The minimum Gasteiger partial charge on any atom is -0.478 e. The summed E-state index contributed by atoms with van der Waals surface area (Å²) < 4.78 is 3.08. The summed E-state index contributed by atoms with van der Waals surface area (Å²) in [6, 6.07) is 13.0. The van der Waals surface area contributed by atoms with Gasteiger partial charge in [0.15, 0.2) is 0 Å². The van der Waals surface area contributed by atoms with Crippen LogP contribution in [-0.2, 0) is 6.42 Å². The van der Waals surface area contributed by atoms with Crippen molar-refractivity contribution >= 4 is 32.9 Å². The van der Waals surface area contributed by atoms with Gasteiger partial charge in [-0.2, -0.15) is 0 Å². The molecule has 0 unspecified atom stereocenters. The van der Waals surface area contributed by atoms with Crippen molar-refractivity contribution in [2.45, 2.75) is 13.3 Å². The number of benzene rings is 2. The van der Waals surface area contributed by atoms with E-state index >= 15 is 0 Å². The fourth-order valence-corrected chi connectivity index (χ4v) is 2.64. The third kappa shape index (κ3) is 2.45. The van der Waals surface area contributed by atoms with Gasteiger partial charge in [0.25, 0.3) is 0 Å². The molecule has 0 saturated heterocycles. The second kappa shape index (κ2) is 5.33. The van der Waals surface area contributed by atoms with Gasteiger partial charge in [0.2, 0.25) is 0 Å². The fraction of sp³-hybridized carbons (Fsp3) is 0.125. The van der Waals surface area contributed by atoms with Crippen LogP contribution < -0.4 is 0 Å². The Bertz CT molecular complexity index is 822. The smallest absolute Gasteiger partial charge is 0.335 e. The van der Waals surface area contributed by atoms with E-state index in [1.165, 1.54) is 0 Å². The summed E-state index contributed by atoms with van der Waals surface area (Å²) in [5.74, 6) is -0.0250. The lowest BCUT2D eigenvalue weighted by Gasteiger charge is -2.08. The van der Waals surface area contributed by atoms with E-state index in [0.717, 1.165) is 27.9 Å². The van der Waals surface area contributed by atoms with E-state index in [9.17, 15) is 4.79 Å². The second-order valence-electron chi connectivity index (χ2n) is 4.70. The van der Waals surface area contributed by atoms with Crippen LogP contribution in [0.3, 0.4) is 0 Å². The average molecular weight is 345 g/mol. The first-order valence-electron chi connectivity index (χ1n) is 6.60. The van der Waals surface area contributed by atoms with Gasteiger partial charge in [-0.1, -0.05) is 22.9 Å². The Hall–Kier alpha value is -2.14. The number of carboxylic acid groups (broad SMARTS) is 1. The van der Waals surface area contributed by atoms with Gasteiger partial charge in [-0.15, -0.1) is 0 Å². The molecule has 0 fully saturated rings. The molecule has 0 amide bonds. The van der Waals surface area contributed by atoms with E-state index in [4.69, 9.17) is 5.11 Å². The zero-order chi connectivity index (χ0) is 15.0. The second-order valence-corrected chi connectivity index (χ2v) is 5.62. The highest BCUT2D eigenvalue weighted by atomic mass is 79.9. The number of aryl methyl sites for hydroxylation is 1. The minimum atomic E-state index is -0.937. The number of hydrogen-bond donors (Lipinski definition) is 1. The quantitative estimate of drug-likeness (QED) is 0.779. The van der Waals surface area contributed by atoms with Crippen LogP contribution in [0.15, 0.2) is 46.9 Å². The number of aromatic nitrogens is 2. The number of rotatable bonds is 3. The van der Waals surface area contributed by atoms with Crippen LogP contribution in [0.1, 0.15) is 23.1 Å². The Morgan fingerprint density at radius 3 is 2.57 bits per heavy atom. The van der Waals surface area contributed by atoms with Gasteiger partial charge in [0.1, 0.15) is 5.82 Å². The van der Waals surface area contributed by atoms with Gasteiger partial charge in [-0.25, -0.2) is 9.78 Å². The van der Waals surface area contributed by atoms with Crippen molar-refractivity contribution in [2.24, 2.45) is 0 Å². The summed E-state index contributed by atoms with van der Waals surface area (Å²) in [4.78, 5) is 15.6. The molecule has 1 N–H and O–H groups in total. The predicted molar refractivity (Wildman–Crippen MR) is 85.1 cm³/mol. The number of aromatic carboxylic acids is 1. The molecule has 21 heavy (non-hydrogen) atoms. The topological polar surface area (TPSA) is 55.1 Å². The molecule has 0 radical (unpaired) electrons. The molecular weight excluding hydrogens is 332 g/mol. The van der Waals surface area contributed by atoms with E-state index in [2.05, 4.69) is 25.5 Å². The standard InChI is InChI=1S/C16H13BrN2O2/c1-2-15-18-13-9-10(16(20)21)3-8-14(13)19(15)12-6-4-11(17)5-7-12/h3-9H,2H2,1H3,(H,20,21). The van der Waals surface area contributed by atoms with E-state index in [1.807, 2.05) is 37.3 Å². The van der Waals surface area contributed by atoms with Crippen molar-refractivity contribution in [2.75, 3.05) is 0 Å². The third-order valence-corrected chi connectivity index (χ3v) is 3.90. The predicted octanol–water partition coefficient (Wildman–Crippen LogP) is 4.05. The molecule has 0 aliphatic carbocycles. The molecule has 0 atom stereocenters. The van der Waals surface area contributed by atoms with Crippen molar-refractivity contribution in [1.82, 2.24) is 9.55 Å². The van der Waals surface area contributed by atoms with Gasteiger partial charge in [-0.3, -0.25) is 4.57 Å². The summed E-state index contributed by atoms with van der Waals surface area (Å²) in [6.45, 7) is 2.04. The summed E-state index contributed by atoms with van der Waals surface area (Å²) >= 11 is 3.43. The zero-order valence-corrected chi connectivity index (χ0v) is 13.0. The maximum Gasteiger partial charge on any atom is 0.335 e. The van der Waals surface area contributed by atoms with Crippen LogP contribution in [0, 0.1) is 0 Å². The maximum absolute atomic E-state index is 11.1. The molecule has 0 aliphatic heterocycles. The lowest BCUT2D eigenvalue weighted by molar-refractivity contribution is 0.0697. The molecule has 5 heteroatoms. The Balaban J connectivity index is 2.25. The number of carboxylic acids is 1. The molecule has 0 saturated carbocycles. The van der Waals surface area contributed by atoms with Gasteiger partial charge < -0.3 is 5.11 Å². The van der Waals surface area contributed by atoms with Crippen molar-refractivity contribution in [3.63, 3.8) is 0 Å². The number of halogens is 1. The van der Waals surface area contributed by atoms with E-state index in [0.29, 0.717) is 5.52 Å². The Labute approximate surface area is 130 Å². The van der Waals surface area contributed by atoms with Crippen LogP contribution >= 0.6 is 15.9 Å². The number of nitrogens with zero attached hydrogens (tertiary/aromatic N) is 2. The molecule has 3 rings (SSSR count). The lowest BCUT2D eigenvalue weighted by atomic mass is 10.2. The van der Waals surface area contributed by atoms with Crippen LogP contribution in [0.4, 0.5) is 0 Å². The minimum absolute atomic E-state index is 0.255. The number of fused-ring (bicyclic) bond motifs is 1. The highest BCUT2D eigenvalue weighted by Crippen LogP contribution is 2.24. The van der Waals surface area contributed by atoms with Crippen LogP contribution in [0.25, 0.3) is 16.7 Å². The van der Waals surface area contributed by atoms with Crippen LogP contribution in [-0.4, -0.2) is 20.6 Å². The van der Waals surface area contributed by atoms with Crippen molar-refractivity contribution in [3.05, 3.63) is 58.3 Å². The number of hydrogen-bond acceptors (Lipinski definition) is 2. The SMILES string of the molecule is CCc1nc2cc(C(=O)O)ccc2n1-c1ccc(Br)cc1. The number of carbonyl (C=O) groups is 1. The zero-order valence-electron chi connectivity index (χ0n) is 11.4. The van der Waals surface area contributed by atoms with E-state index in [-0.39, 0.29) is 5.56 Å². The molecule has 3 aromatic rings. The first-order chi connectivity index (χ1) is 10.1. The Morgan fingerprint density at radius 2 is 1.95 bits per heavy atom. The van der Waals surface area contributed by atoms with Crippen LogP contribution in [0.2, 0.25) is 0 Å². The van der Waals surface area contributed by atoms with Crippen molar-refractivity contribution in [3.8, 4) is 5.69 Å². The summed E-state index contributed by atoms with van der Waals surface area (Å²) in [7, 11) is 0. The molecule has 0 spiro atoms. The highest BCUT2D eigenvalue weighted by Gasteiger charge is 2.13. The maximum atomic E-state index is 11.1.